The van der Waals surface area contributed by atoms with Gasteiger partial charge in [-0.3, -0.25) is 4.57 Å². The minimum atomic E-state index is -1.01. The molecule has 0 amide bonds. The first-order chi connectivity index (χ1) is 8.08. The number of carboxylic acids is 1. The lowest BCUT2D eigenvalue weighted by molar-refractivity contribution is 0.0696. The molecule has 2 aromatic rings. The third kappa shape index (κ3) is 2.41. The lowest BCUT2D eigenvalue weighted by Gasteiger charge is -1.98. The summed E-state index contributed by atoms with van der Waals surface area (Å²) in [5, 5.41) is 16.9. The van der Waals surface area contributed by atoms with Crippen LogP contribution in [0.15, 0.2) is 21.9 Å². The Balaban J connectivity index is 2.02. The Morgan fingerprint density at radius 3 is 2.94 bits per heavy atom. The summed E-state index contributed by atoms with van der Waals surface area (Å²) >= 11 is 1.37. The number of rotatable bonds is 4. The van der Waals surface area contributed by atoms with Crippen LogP contribution in [-0.4, -0.2) is 25.8 Å². The predicted molar refractivity (Wildman–Crippen MR) is 60.6 cm³/mol. The lowest BCUT2D eigenvalue weighted by atomic mass is 10.3. The molecule has 90 valence electrons. The molecule has 0 spiro atoms. The Labute approximate surface area is 101 Å². The molecule has 0 radical (unpaired) electrons. The highest BCUT2D eigenvalue weighted by atomic mass is 32.2. The molecule has 2 rings (SSSR count). The van der Waals surface area contributed by atoms with Crippen LogP contribution in [0.5, 0.6) is 0 Å². The van der Waals surface area contributed by atoms with E-state index < -0.39 is 5.97 Å². The van der Waals surface area contributed by atoms with Crippen LogP contribution in [0, 0.1) is 0 Å². The van der Waals surface area contributed by atoms with Crippen LogP contribution in [0.3, 0.4) is 0 Å². The van der Waals surface area contributed by atoms with Crippen molar-refractivity contribution in [2.24, 2.45) is 7.05 Å². The number of carboxylic acid groups (broad SMARTS) is 1. The van der Waals surface area contributed by atoms with Crippen molar-refractivity contribution in [3.63, 3.8) is 0 Å². The van der Waals surface area contributed by atoms with E-state index in [1.807, 2.05) is 0 Å². The molecule has 2 heterocycles. The second-order valence-corrected chi connectivity index (χ2v) is 4.24. The molecule has 0 saturated heterocycles. The number of aromatic nitrogens is 3. The first kappa shape index (κ1) is 11.5. The van der Waals surface area contributed by atoms with Crippen LogP contribution >= 0.6 is 11.8 Å². The average Bonchev–Trinajstić information content (AvgIpc) is 2.86. The van der Waals surface area contributed by atoms with Gasteiger partial charge in [0, 0.05) is 7.05 Å². The molecular weight excluding hydrogens is 244 g/mol. The molecule has 0 unspecified atom stereocenters. The second-order valence-electron chi connectivity index (χ2n) is 3.30. The van der Waals surface area contributed by atoms with Gasteiger partial charge in [-0.25, -0.2) is 4.79 Å². The average molecular weight is 254 g/mol. The molecule has 0 aliphatic rings. The van der Waals surface area contributed by atoms with Crippen LogP contribution in [0.1, 0.15) is 16.1 Å². The number of anilines is 1. The maximum atomic E-state index is 10.6. The molecule has 0 saturated carbocycles. The van der Waals surface area contributed by atoms with Gasteiger partial charge in [-0.1, -0.05) is 11.8 Å². The van der Waals surface area contributed by atoms with E-state index in [2.05, 4.69) is 10.2 Å². The number of aromatic carboxylic acids is 1. The van der Waals surface area contributed by atoms with Gasteiger partial charge < -0.3 is 15.3 Å². The topological polar surface area (TPSA) is 107 Å². The summed E-state index contributed by atoms with van der Waals surface area (Å²) in [6.45, 7) is 0. The maximum absolute atomic E-state index is 10.6. The number of hydrogen-bond acceptors (Lipinski definition) is 6. The number of furan rings is 1. The molecule has 17 heavy (non-hydrogen) atoms. The van der Waals surface area contributed by atoms with Crippen molar-refractivity contribution in [2.45, 2.75) is 10.9 Å². The number of hydrogen-bond donors (Lipinski definition) is 2. The summed E-state index contributed by atoms with van der Waals surface area (Å²) in [5.74, 6) is 0.360. The Kier molecular flexibility index (Phi) is 3.05. The molecule has 0 aromatic carbocycles. The van der Waals surface area contributed by atoms with E-state index in [9.17, 15) is 4.79 Å². The van der Waals surface area contributed by atoms with Gasteiger partial charge >= 0.3 is 5.97 Å². The second kappa shape index (κ2) is 4.50. The molecule has 7 nitrogen and oxygen atoms in total. The Hall–Kier alpha value is -1.96. The number of carbonyl (C=O) groups is 1. The van der Waals surface area contributed by atoms with E-state index in [4.69, 9.17) is 15.3 Å². The van der Waals surface area contributed by atoms with Crippen molar-refractivity contribution in [1.82, 2.24) is 14.8 Å². The summed E-state index contributed by atoms with van der Waals surface area (Å²) in [7, 11) is 1.75. The number of nitrogen functional groups attached to an aromatic ring is 1. The van der Waals surface area contributed by atoms with Crippen molar-refractivity contribution < 1.29 is 14.3 Å². The summed E-state index contributed by atoms with van der Waals surface area (Å²) in [5.41, 5.74) is 5.67. The van der Waals surface area contributed by atoms with E-state index in [-0.39, 0.29) is 5.56 Å². The minimum absolute atomic E-state index is 0.137. The molecule has 2 aromatic heterocycles. The number of thioether (sulfide) groups is 1. The number of nitrogens with zero attached hydrogens (tertiary/aromatic N) is 3. The summed E-state index contributed by atoms with van der Waals surface area (Å²) in [4.78, 5) is 10.6. The highest BCUT2D eigenvalue weighted by Crippen LogP contribution is 2.22. The zero-order chi connectivity index (χ0) is 12.4. The van der Waals surface area contributed by atoms with Crippen molar-refractivity contribution >= 4 is 23.7 Å². The van der Waals surface area contributed by atoms with Crippen molar-refractivity contribution in [1.29, 1.82) is 0 Å². The van der Waals surface area contributed by atoms with Gasteiger partial charge in [-0.2, -0.15) is 0 Å². The Morgan fingerprint density at radius 1 is 1.65 bits per heavy atom. The van der Waals surface area contributed by atoms with Crippen LogP contribution in [0.25, 0.3) is 0 Å². The smallest absolute Gasteiger partial charge is 0.338 e. The van der Waals surface area contributed by atoms with Gasteiger partial charge in [-0.05, 0) is 6.07 Å². The molecule has 0 aliphatic heterocycles. The van der Waals surface area contributed by atoms with Crippen molar-refractivity contribution in [3.8, 4) is 0 Å². The molecule has 0 aliphatic carbocycles. The van der Waals surface area contributed by atoms with Gasteiger partial charge in [0.05, 0.1) is 11.3 Å². The molecule has 0 fully saturated rings. The van der Waals surface area contributed by atoms with Crippen LogP contribution in [0.4, 0.5) is 5.95 Å². The molecule has 8 heteroatoms. The molecule has 0 atom stereocenters. The van der Waals surface area contributed by atoms with E-state index >= 15 is 0 Å². The molecule has 0 bridgehead atoms. The van der Waals surface area contributed by atoms with Gasteiger partial charge in [0.15, 0.2) is 5.16 Å². The highest BCUT2D eigenvalue weighted by molar-refractivity contribution is 7.98. The third-order valence-electron chi connectivity index (χ3n) is 2.11. The van der Waals surface area contributed by atoms with Crippen molar-refractivity contribution in [3.05, 3.63) is 23.7 Å². The monoisotopic (exact) mass is 254 g/mol. The van der Waals surface area contributed by atoms with Gasteiger partial charge in [0.25, 0.3) is 0 Å². The first-order valence-electron chi connectivity index (χ1n) is 4.66. The van der Waals surface area contributed by atoms with Crippen LogP contribution in [0.2, 0.25) is 0 Å². The lowest BCUT2D eigenvalue weighted by Crippen LogP contribution is -1.97. The van der Waals surface area contributed by atoms with E-state index in [0.717, 1.165) is 0 Å². The normalized spacial score (nSPS) is 10.6. The Morgan fingerprint density at radius 2 is 2.41 bits per heavy atom. The van der Waals surface area contributed by atoms with E-state index in [1.165, 1.54) is 24.1 Å². The predicted octanol–water partition coefficient (Wildman–Crippen LogP) is 0.981. The summed E-state index contributed by atoms with van der Waals surface area (Å²) < 4.78 is 6.75. The third-order valence-corrected chi connectivity index (χ3v) is 3.16. The fourth-order valence-corrected chi connectivity index (χ4v) is 1.96. The standard InChI is InChI=1S/C9H10N4O3S/c1-13-8(10)11-12-9(13)17-4-6-2-5(3-16-6)7(14)15/h2-3H,4H2,1H3,(H2,10,11)(H,14,15). The largest absolute Gasteiger partial charge is 0.478 e. The number of nitrogens with two attached hydrogens (primary N) is 1. The van der Waals surface area contributed by atoms with Crippen molar-refractivity contribution in [2.75, 3.05) is 5.73 Å². The highest BCUT2D eigenvalue weighted by Gasteiger charge is 2.11. The molecule has 3 N–H and O–H groups in total. The zero-order valence-corrected chi connectivity index (χ0v) is 9.77. The fourth-order valence-electron chi connectivity index (χ4n) is 1.16. The van der Waals surface area contributed by atoms with Gasteiger partial charge in [0.2, 0.25) is 5.95 Å². The van der Waals surface area contributed by atoms with Crippen LogP contribution in [-0.2, 0) is 12.8 Å². The van der Waals surface area contributed by atoms with Gasteiger partial charge in [-0.15, -0.1) is 10.2 Å². The quantitative estimate of drug-likeness (QED) is 0.783. The van der Waals surface area contributed by atoms with E-state index in [1.54, 1.807) is 11.6 Å². The summed E-state index contributed by atoms with van der Waals surface area (Å²) in [6.07, 6.45) is 1.21. The van der Waals surface area contributed by atoms with Crippen LogP contribution < -0.4 is 5.73 Å². The first-order valence-corrected chi connectivity index (χ1v) is 5.65. The Bertz CT molecular complexity index is 548. The summed E-state index contributed by atoms with van der Waals surface area (Å²) in [6, 6.07) is 1.48. The molecular formula is C9H10N4O3S. The maximum Gasteiger partial charge on any atom is 0.338 e. The SMILES string of the molecule is Cn1c(N)nnc1SCc1cc(C(=O)O)co1. The zero-order valence-electron chi connectivity index (χ0n) is 8.95. The minimum Gasteiger partial charge on any atom is -0.478 e. The van der Waals surface area contributed by atoms with E-state index in [0.29, 0.717) is 22.6 Å². The fraction of sp³-hybridized carbons (Fsp3) is 0.222. The van der Waals surface area contributed by atoms with Gasteiger partial charge in [0.1, 0.15) is 12.0 Å².